The highest BCUT2D eigenvalue weighted by Crippen LogP contribution is 2.60. The summed E-state index contributed by atoms with van der Waals surface area (Å²) in [5, 5.41) is 3.06. The van der Waals surface area contributed by atoms with E-state index in [9.17, 15) is 4.79 Å². The third-order valence-electron chi connectivity index (χ3n) is 7.62. The number of nitrogen functional groups attached to an aromatic ring is 1. The molecule has 4 aliphatic carbocycles. The maximum atomic E-state index is 12.7. The van der Waals surface area contributed by atoms with Gasteiger partial charge >= 0.3 is 0 Å². The van der Waals surface area contributed by atoms with E-state index in [1.165, 1.54) is 44.1 Å². The number of ether oxygens (including phenoxy) is 1. The molecule has 2 aromatic carbocycles. The summed E-state index contributed by atoms with van der Waals surface area (Å²) in [5.74, 6) is 3.23. The van der Waals surface area contributed by atoms with Gasteiger partial charge in [-0.2, -0.15) is 0 Å². The van der Waals surface area contributed by atoms with Gasteiger partial charge in [0.2, 0.25) is 0 Å². The monoisotopic (exact) mass is 390 g/mol. The molecule has 4 heteroatoms. The Labute approximate surface area is 172 Å². The number of hydrogen-bond donors (Lipinski definition) is 2. The van der Waals surface area contributed by atoms with Gasteiger partial charge in [-0.3, -0.25) is 4.79 Å². The number of aryl methyl sites for hydroxylation is 1. The summed E-state index contributed by atoms with van der Waals surface area (Å²) in [7, 11) is 1.57. The maximum Gasteiger partial charge on any atom is 0.255 e. The van der Waals surface area contributed by atoms with Crippen LogP contribution in [0.4, 0.5) is 11.4 Å². The van der Waals surface area contributed by atoms with Crippen molar-refractivity contribution in [2.45, 2.75) is 50.9 Å². The van der Waals surface area contributed by atoms with Crippen LogP contribution >= 0.6 is 0 Å². The van der Waals surface area contributed by atoms with Crippen molar-refractivity contribution in [3.63, 3.8) is 0 Å². The molecule has 4 aliphatic rings. The maximum absolute atomic E-state index is 12.7. The summed E-state index contributed by atoms with van der Waals surface area (Å²) in [6, 6.07) is 11.8. The van der Waals surface area contributed by atoms with E-state index in [0.717, 1.165) is 29.0 Å². The summed E-state index contributed by atoms with van der Waals surface area (Å²) >= 11 is 0. The molecule has 152 valence electrons. The van der Waals surface area contributed by atoms with Crippen LogP contribution in [-0.4, -0.2) is 13.0 Å². The molecule has 0 atom stereocenters. The minimum Gasteiger partial charge on any atom is -0.495 e. The van der Waals surface area contributed by atoms with Gasteiger partial charge in [0.15, 0.2) is 0 Å². The van der Waals surface area contributed by atoms with Crippen LogP contribution in [0.25, 0.3) is 0 Å². The first-order chi connectivity index (χ1) is 14.0. The number of methoxy groups -OCH3 is 1. The second kappa shape index (κ2) is 6.79. The highest BCUT2D eigenvalue weighted by Gasteiger charge is 2.51. The van der Waals surface area contributed by atoms with Crippen LogP contribution in [0.15, 0.2) is 36.4 Å². The Hall–Kier alpha value is -2.49. The standard InChI is InChI=1S/C25H30N2O2/c1-15-7-20(25-12-16-8-17(13-25)10-18(9-16)14-25)4-5-22(15)27-24(28)19-3-6-23(29-2)21(26)11-19/h3-7,11,16-18H,8-10,12-14,26H2,1-2H3,(H,27,28). The molecule has 1 amide bonds. The zero-order valence-electron chi connectivity index (χ0n) is 17.3. The van der Waals surface area contributed by atoms with E-state index in [4.69, 9.17) is 10.5 Å². The molecular formula is C25H30N2O2. The highest BCUT2D eigenvalue weighted by molar-refractivity contribution is 6.05. The first-order valence-electron chi connectivity index (χ1n) is 10.8. The number of benzene rings is 2. The zero-order chi connectivity index (χ0) is 20.2. The number of carbonyl (C=O) groups is 1. The van der Waals surface area contributed by atoms with Crippen molar-refractivity contribution in [1.29, 1.82) is 0 Å². The lowest BCUT2D eigenvalue weighted by Gasteiger charge is -2.57. The van der Waals surface area contributed by atoms with E-state index in [2.05, 4.69) is 30.4 Å². The lowest BCUT2D eigenvalue weighted by Crippen LogP contribution is -2.48. The van der Waals surface area contributed by atoms with Gasteiger partial charge < -0.3 is 15.8 Å². The van der Waals surface area contributed by atoms with Crippen molar-refractivity contribution >= 4 is 17.3 Å². The van der Waals surface area contributed by atoms with Gasteiger partial charge in [0.1, 0.15) is 5.75 Å². The fourth-order valence-corrected chi connectivity index (χ4v) is 6.67. The minimum absolute atomic E-state index is 0.148. The third-order valence-corrected chi connectivity index (χ3v) is 7.62. The predicted molar refractivity (Wildman–Crippen MR) is 116 cm³/mol. The number of amides is 1. The molecule has 4 nitrogen and oxygen atoms in total. The van der Waals surface area contributed by atoms with Gasteiger partial charge in [-0.1, -0.05) is 12.1 Å². The van der Waals surface area contributed by atoms with Crippen LogP contribution in [0.5, 0.6) is 5.75 Å². The van der Waals surface area contributed by atoms with Gasteiger partial charge in [0.25, 0.3) is 5.91 Å². The molecule has 0 spiro atoms. The van der Waals surface area contributed by atoms with Gasteiger partial charge in [-0.25, -0.2) is 0 Å². The molecule has 0 unspecified atom stereocenters. The molecule has 0 radical (unpaired) electrons. The Morgan fingerprint density at radius 2 is 1.69 bits per heavy atom. The van der Waals surface area contributed by atoms with Gasteiger partial charge in [-0.05, 0) is 104 Å². The Morgan fingerprint density at radius 3 is 2.24 bits per heavy atom. The number of rotatable bonds is 4. The predicted octanol–water partition coefficient (Wildman–Crippen LogP) is 5.31. The van der Waals surface area contributed by atoms with E-state index in [1.807, 2.05) is 0 Å². The van der Waals surface area contributed by atoms with Crippen LogP contribution in [-0.2, 0) is 5.41 Å². The Bertz CT molecular complexity index is 930. The molecule has 0 aliphatic heterocycles. The minimum atomic E-state index is -0.148. The number of anilines is 2. The highest BCUT2D eigenvalue weighted by atomic mass is 16.5. The molecule has 2 aromatic rings. The molecule has 4 bridgehead atoms. The van der Waals surface area contributed by atoms with E-state index < -0.39 is 0 Å². The first kappa shape index (κ1) is 18.5. The van der Waals surface area contributed by atoms with Crippen LogP contribution in [0.1, 0.15) is 60.0 Å². The summed E-state index contributed by atoms with van der Waals surface area (Å²) in [5.41, 5.74) is 10.8. The lowest BCUT2D eigenvalue weighted by atomic mass is 9.48. The SMILES string of the molecule is COc1ccc(C(=O)Nc2ccc(C34CC5CC(CC(C5)C3)C4)cc2C)cc1N. The molecule has 4 fully saturated rings. The number of nitrogens with one attached hydrogen (secondary N) is 1. The average Bonchev–Trinajstić information content (AvgIpc) is 2.68. The normalized spacial score (nSPS) is 29.7. The van der Waals surface area contributed by atoms with Crippen LogP contribution in [0.3, 0.4) is 0 Å². The van der Waals surface area contributed by atoms with Gasteiger partial charge in [0, 0.05) is 11.3 Å². The molecule has 3 N–H and O–H groups in total. The van der Waals surface area contributed by atoms with Crippen LogP contribution < -0.4 is 15.8 Å². The zero-order valence-corrected chi connectivity index (χ0v) is 17.3. The molecule has 0 aromatic heterocycles. The van der Waals surface area contributed by atoms with Gasteiger partial charge in [0.05, 0.1) is 12.8 Å². The fraction of sp³-hybridized carbons (Fsp3) is 0.480. The van der Waals surface area contributed by atoms with E-state index in [0.29, 0.717) is 22.4 Å². The molecular weight excluding hydrogens is 360 g/mol. The molecule has 6 rings (SSSR count). The number of hydrogen-bond acceptors (Lipinski definition) is 3. The summed E-state index contributed by atoms with van der Waals surface area (Å²) in [6.45, 7) is 2.10. The smallest absolute Gasteiger partial charge is 0.255 e. The Kier molecular flexibility index (Phi) is 4.34. The van der Waals surface area contributed by atoms with Crippen molar-refractivity contribution in [2.75, 3.05) is 18.2 Å². The van der Waals surface area contributed by atoms with Crippen LogP contribution in [0, 0.1) is 24.7 Å². The Balaban J connectivity index is 1.36. The number of nitrogens with two attached hydrogens (primary N) is 1. The van der Waals surface area contributed by atoms with E-state index in [-0.39, 0.29) is 5.91 Å². The second-order valence-electron chi connectivity index (χ2n) is 9.64. The quantitative estimate of drug-likeness (QED) is 0.696. The number of carbonyl (C=O) groups excluding carboxylic acids is 1. The molecule has 29 heavy (non-hydrogen) atoms. The summed E-state index contributed by atoms with van der Waals surface area (Å²) < 4.78 is 5.17. The van der Waals surface area contributed by atoms with Crippen molar-refractivity contribution in [2.24, 2.45) is 17.8 Å². The second-order valence-corrected chi connectivity index (χ2v) is 9.64. The van der Waals surface area contributed by atoms with Crippen molar-refractivity contribution < 1.29 is 9.53 Å². The largest absolute Gasteiger partial charge is 0.495 e. The van der Waals surface area contributed by atoms with E-state index in [1.54, 1.807) is 25.3 Å². The summed E-state index contributed by atoms with van der Waals surface area (Å²) in [6.07, 6.45) is 8.44. The van der Waals surface area contributed by atoms with E-state index >= 15 is 0 Å². The van der Waals surface area contributed by atoms with Crippen molar-refractivity contribution in [1.82, 2.24) is 0 Å². The first-order valence-corrected chi connectivity index (χ1v) is 10.8. The third kappa shape index (κ3) is 3.19. The Morgan fingerprint density at radius 1 is 1.03 bits per heavy atom. The topological polar surface area (TPSA) is 64.3 Å². The fourth-order valence-electron chi connectivity index (χ4n) is 6.67. The lowest BCUT2D eigenvalue weighted by molar-refractivity contribution is -0.00520. The average molecular weight is 391 g/mol. The van der Waals surface area contributed by atoms with Crippen LogP contribution in [0.2, 0.25) is 0 Å². The molecule has 4 saturated carbocycles. The van der Waals surface area contributed by atoms with Crippen molar-refractivity contribution in [3.05, 3.63) is 53.1 Å². The van der Waals surface area contributed by atoms with Gasteiger partial charge in [-0.15, -0.1) is 0 Å². The summed E-state index contributed by atoms with van der Waals surface area (Å²) in [4.78, 5) is 12.7. The van der Waals surface area contributed by atoms with Crippen molar-refractivity contribution in [3.8, 4) is 5.75 Å². The molecule has 0 saturated heterocycles. The molecule has 0 heterocycles.